The molecule has 2 aromatic carbocycles. The number of carbonyl (C=O) groups is 1. The second kappa shape index (κ2) is 9.57. The first-order chi connectivity index (χ1) is 11.7. The third-order valence-corrected chi connectivity index (χ3v) is 3.24. The molecule has 0 spiro atoms. The molecule has 0 bridgehead atoms. The van der Waals surface area contributed by atoms with Crippen LogP contribution in [0.3, 0.4) is 0 Å². The predicted molar refractivity (Wildman–Crippen MR) is 94.0 cm³/mol. The fourth-order valence-corrected chi connectivity index (χ4v) is 2.03. The third-order valence-electron chi connectivity index (χ3n) is 3.24. The molecule has 1 amide bonds. The Hall–Kier alpha value is -2.53. The van der Waals surface area contributed by atoms with Gasteiger partial charge in [-0.1, -0.05) is 13.0 Å². The summed E-state index contributed by atoms with van der Waals surface area (Å²) in [6.07, 6.45) is 0.926. The maximum Gasteiger partial charge on any atom is 0.255 e. The summed E-state index contributed by atoms with van der Waals surface area (Å²) < 4.78 is 16.0. The highest BCUT2D eigenvalue weighted by Gasteiger charge is 2.07. The molecule has 5 heteroatoms. The van der Waals surface area contributed by atoms with Gasteiger partial charge in [-0.25, -0.2) is 0 Å². The number of anilines is 1. The Bertz CT molecular complexity index is 640. The van der Waals surface area contributed by atoms with Crippen LogP contribution in [0.1, 0.15) is 23.7 Å². The summed E-state index contributed by atoms with van der Waals surface area (Å²) in [6, 6.07) is 14.4. The van der Waals surface area contributed by atoms with E-state index in [4.69, 9.17) is 14.2 Å². The van der Waals surface area contributed by atoms with Crippen molar-refractivity contribution in [2.45, 2.75) is 13.3 Å². The fraction of sp³-hybridized carbons (Fsp3) is 0.316. The molecule has 0 unspecified atom stereocenters. The Kier molecular flexibility index (Phi) is 7.11. The van der Waals surface area contributed by atoms with Crippen molar-refractivity contribution in [1.82, 2.24) is 0 Å². The van der Waals surface area contributed by atoms with Gasteiger partial charge in [0.05, 0.1) is 13.2 Å². The first-order valence-corrected chi connectivity index (χ1v) is 7.99. The average molecular weight is 329 g/mol. The number of benzene rings is 2. The van der Waals surface area contributed by atoms with Crippen LogP contribution in [0.4, 0.5) is 5.69 Å². The minimum absolute atomic E-state index is 0.176. The Balaban J connectivity index is 1.94. The topological polar surface area (TPSA) is 56.8 Å². The second-order valence-electron chi connectivity index (χ2n) is 5.20. The largest absolute Gasteiger partial charge is 0.494 e. The molecular formula is C19H23NO4. The molecule has 0 saturated carbocycles. The first-order valence-electron chi connectivity index (χ1n) is 7.99. The van der Waals surface area contributed by atoms with Gasteiger partial charge in [-0.2, -0.15) is 0 Å². The van der Waals surface area contributed by atoms with Crippen LogP contribution in [-0.2, 0) is 4.74 Å². The third kappa shape index (κ3) is 5.59. The molecule has 24 heavy (non-hydrogen) atoms. The molecule has 0 fully saturated rings. The van der Waals surface area contributed by atoms with Crippen LogP contribution in [0.25, 0.3) is 0 Å². The van der Waals surface area contributed by atoms with Gasteiger partial charge in [-0.15, -0.1) is 0 Å². The zero-order valence-corrected chi connectivity index (χ0v) is 14.1. The smallest absolute Gasteiger partial charge is 0.255 e. The summed E-state index contributed by atoms with van der Waals surface area (Å²) in [7, 11) is 1.63. The van der Waals surface area contributed by atoms with Crippen molar-refractivity contribution in [3.05, 3.63) is 54.1 Å². The average Bonchev–Trinajstić information content (AvgIpc) is 2.62. The van der Waals surface area contributed by atoms with Crippen molar-refractivity contribution >= 4 is 11.6 Å². The zero-order chi connectivity index (χ0) is 17.2. The predicted octanol–water partition coefficient (Wildman–Crippen LogP) is 3.75. The van der Waals surface area contributed by atoms with Crippen LogP contribution in [0.15, 0.2) is 48.5 Å². The lowest BCUT2D eigenvalue weighted by atomic mass is 10.2. The van der Waals surface area contributed by atoms with Crippen LogP contribution >= 0.6 is 0 Å². The Labute approximate surface area is 142 Å². The summed E-state index contributed by atoms with van der Waals surface area (Å²) >= 11 is 0. The lowest BCUT2D eigenvalue weighted by Crippen LogP contribution is -2.12. The Morgan fingerprint density at radius 3 is 2.42 bits per heavy atom. The minimum Gasteiger partial charge on any atom is -0.494 e. The highest BCUT2D eigenvalue weighted by molar-refractivity contribution is 6.04. The first kappa shape index (κ1) is 17.8. The van der Waals surface area contributed by atoms with E-state index in [9.17, 15) is 4.79 Å². The quantitative estimate of drug-likeness (QED) is 0.712. The molecule has 0 aliphatic heterocycles. The van der Waals surface area contributed by atoms with Gasteiger partial charge in [0.15, 0.2) is 0 Å². The van der Waals surface area contributed by atoms with Gasteiger partial charge in [0.1, 0.15) is 18.1 Å². The second-order valence-corrected chi connectivity index (χ2v) is 5.20. The molecule has 0 saturated heterocycles. The van der Waals surface area contributed by atoms with E-state index in [1.165, 1.54) is 0 Å². The van der Waals surface area contributed by atoms with Crippen LogP contribution < -0.4 is 14.8 Å². The summed E-state index contributed by atoms with van der Waals surface area (Å²) in [4.78, 5) is 12.3. The van der Waals surface area contributed by atoms with E-state index in [0.717, 1.165) is 12.2 Å². The number of rotatable bonds is 9. The summed E-state index contributed by atoms with van der Waals surface area (Å²) in [5, 5.41) is 2.86. The standard InChI is InChI=1S/C19H23NO4/c1-3-11-23-18-6-4-5-15(14-18)19(21)20-16-7-9-17(10-8-16)24-13-12-22-2/h4-10,14H,3,11-13H2,1-2H3,(H,20,21). The van der Waals surface area contributed by atoms with E-state index in [1.807, 2.05) is 31.2 Å². The van der Waals surface area contributed by atoms with Crippen molar-refractivity contribution in [2.75, 3.05) is 32.2 Å². The van der Waals surface area contributed by atoms with Gasteiger partial charge < -0.3 is 19.5 Å². The molecule has 2 rings (SSSR count). The van der Waals surface area contributed by atoms with Gasteiger partial charge in [0.25, 0.3) is 5.91 Å². The molecule has 0 heterocycles. The number of hydrogen-bond donors (Lipinski definition) is 1. The molecule has 0 aromatic heterocycles. The van der Waals surface area contributed by atoms with Crippen molar-refractivity contribution in [3.8, 4) is 11.5 Å². The molecule has 0 atom stereocenters. The van der Waals surface area contributed by atoms with Gasteiger partial charge >= 0.3 is 0 Å². The number of carbonyl (C=O) groups excluding carboxylic acids is 1. The van der Waals surface area contributed by atoms with Gasteiger partial charge in [0, 0.05) is 18.4 Å². The molecule has 0 aliphatic rings. The number of nitrogens with one attached hydrogen (secondary N) is 1. The van der Waals surface area contributed by atoms with E-state index in [2.05, 4.69) is 5.32 Å². The fourth-order valence-electron chi connectivity index (χ4n) is 2.03. The van der Waals surface area contributed by atoms with E-state index in [-0.39, 0.29) is 5.91 Å². The SMILES string of the molecule is CCCOc1cccc(C(=O)Nc2ccc(OCCOC)cc2)c1. The zero-order valence-electron chi connectivity index (χ0n) is 14.1. The maximum atomic E-state index is 12.3. The molecule has 1 N–H and O–H groups in total. The summed E-state index contributed by atoms with van der Waals surface area (Å²) in [5.41, 5.74) is 1.27. The molecule has 128 valence electrons. The Morgan fingerprint density at radius 2 is 1.71 bits per heavy atom. The maximum absolute atomic E-state index is 12.3. The number of methoxy groups -OCH3 is 1. The van der Waals surface area contributed by atoms with Crippen molar-refractivity contribution in [1.29, 1.82) is 0 Å². The van der Waals surface area contributed by atoms with Crippen LogP contribution in [0.5, 0.6) is 11.5 Å². The van der Waals surface area contributed by atoms with Gasteiger partial charge in [0.2, 0.25) is 0 Å². The van der Waals surface area contributed by atoms with Crippen molar-refractivity contribution < 1.29 is 19.0 Å². The monoisotopic (exact) mass is 329 g/mol. The van der Waals surface area contributed by atoms with Gasteiger partial charge in [-0.05, 0) is 48.9 Å². The number of amides is 1. The molecule has 5 nitrogen and oxygen atoms in total. The van der Waals surface area contributed by atoms with E-state index in [0.29, 0.717) is 36.8 Å². The van der Waals surface area contributed by atoms with E-state index in [1.54, 1.807) is 31.4 Å². The normalized spacial score (nSPS) is 10.2. The number of ether oxygens (including phenoxy) is 3. The summed E-state index contributed by atoms with van der Waals surface area (Å²) in [5.74, 6) is 1.26. The molecule has 0 aliphatic carbocycles. The van der Waals surface area contributed by atoms with Crippen LogP contribution in [0.2, 0.25) is 0 Å². The molecule has 0 radical (unpaired) electrons. The van der Waals surface area contributed by atoms with Crippen LogP contribution in [0, 0.1) is 0 Å². The lowest BCUT2D eigenvalue weighted by Gasteiger charge is -2.09. The minimum atomic E-state index is -0.176. The Morgan fingerprint density at radius 1 is 0.958 bits per heavy atom. The van der Waals surface area contributed by atoms with Crippen molar-refractivity contribution in [2.24, 2.45) is 0 Å². The van der Waals surface area contributed by atoms with Crippen LogP contribution in [-0.4, -0.2) is 32.8 Å². The lowest BCUT2D eigenvalue weighted by molar-refractivity contribution is 0.102. The highest BCUT2D eigenvalue weighted by Crippen LogP contribution is 2.18. The van der Waals surface area contributed by atoms with E-state index < -0.39 is 0 Å². The van der Waals surface area contributed by atoms with Crippen molar-refractivity contribution in [3.63, 3.8) is 0 Å². The molecule has 2 aromatic rings. The summed E-state index contributed by atoms with van der Waals surface area (Å²) in [6.45, 7) is 3.70. The molecular weight excluding hydrogens is 306 g/mol. The number of hydrogen-bond acceptors (Lipinski definition) is 4. The van der Waals surface area contributed by atoms with E-state index >= 15 is 0 Å². The highest BCUT2D eigenvalue weighted by atomic mass is 16.5. The van der Waals surface area contributed by atoms with Gasteiger partial charge in [-0.3, -0.25) is 4.79 Å².